The first kappa shape index (κ1) is 25.8. The highest BCUT2D eigenvalue weighted by Crippen LogP contribution is 2.16. The zero-order valence-corrected chi connectivity index (χ0v) is 16.6. The fourth-order valence-electron chi connectivity index (χ4n) is 3.21. The van der Waals surface area contributed by atoms with E-state index < -0.39 is 36.6 Å². The van der Waals surface area contributed by atoms with Gasteiger partial charge in [-0.15, -0.1) is 0 Å². The normalized spacial score (nSPS) is 18.9. The summed E-state index contributed by atoms with van der Waals surface area (Å²) in [5.41, 5.74) is 0. The second-order valence-electron chi connectivity index (χ2n) is 7.69. The Balaban J connectivity index is 3.74. The van der Waals surface area contributed by atoms with Crippen LogP contribution in [0.3, 0.4) is 0 Å². The summed E-state index contributed by atoms with van der Waals surface area (Å²) in [4.78, 5) is 0. The number of hydrogen-bond acceptors (Lipinski definition) is 6. The molecule has 0 aromatic rings. The van der Waals surface area contributed by atoms with Crippen LogP contribution in [0.5, 0.6) is 0 Å². The van der Waals surface area contributed by atoms with Crippen LogP contribution in [0, 0.1) is 0 Å². The van der Waals surface area contributed by atoms with E-state index in [0.29, 0.717) is 70.6 Å². The second-order valence-corrected chi connectivity index (χ2v) is 7.69. The minimum absolute atomic E-state index is 0.294. The van der Waals surface area contributed by atoms with Crippen LogP contribution in [0.4, 0.5) is 0 Å². The predicted molar refractivity (Wildman–Crippen MR) is 103 cm³/mol. The zero-order chi connectivity index (χ0) is 19.9. The topological polar surface area (TPSA) is 121 Å². The Kier molecular flexibility index (Phi) is 15.6. The van der Waals surface area contributed by atoms with Gasteiger partial charge in [-0.05, 0) is 70.6 Å². The highest BCUT2D eigenvalue weighted by molar-refractivity contribution is 4.69. The first-order chi connectivity index (χ1) is 12.3. The fraction of sp³-hybridized carbons (Fsp3) is 1.00. The molecule has 0 saturated carbocycles. The molecule has 0 aromatic heterocycles. The first-order valence-electron chi connectivity index (χ1n) is 10.4. The van der Waals surface area contributed by atoms with Gasteiger partial charge < -0.3 is 30.6 Å². The van der Waals surface area contributed by atoms with Crippen LogP contribution in [-0.2, 0) is 0 Å². The quantitative estimate of drug-likeness (QED) is 0.230. The number of aliphatic hydroxyl groups is 6. The van der Waals surface area contributed by atoms with E-state index in [4.69, 9.17) is 0 Å². The smallest absolute Gasteiger partial charge is 0.0564 e. The maximum Gasteiger partial charge on any atom is 0.0564 e. The molecule has 26 heavy (non-hydrogen) atoms. The Morgan fingerprint density at radius 2 is 0.769 bits per heavy atom. The third-order valence-corrected chi connectivity index (χ3v) is 4.87. The lowest BCUT2D eigenvalue weighted by Crippen LogP contribution is -2.21. The number of hydrogen-bond donors (Lipinski definition) is 6. The summed E-state index contributed by atoms with van der Waals surface area (Å²) in [6.45, 7) is 3.86. The Labute approximate surface area is 158 Å². The van der Waals surface area contributed by atoms with E-state index in [2.05, 4.69) is 0 Å². The first-order valence-corrected chi connectivity index (χ1v) is 10.4. The molecule has 0 aromatic carbocycles. The predicted octanol–water partition coefficient (Wildman–Crippen LogP) is 1.87. The van der Waals surface area contributed by atoms with Crippen molar-refractivity contribution >= 4 is 0 Å². The molecule has 6 unspecified atom stereocenters. The molecule has 0 aliphatic rings. The number of aliphatic hydroxyl groups excluding tert-OH is 6. The summed E-state index contributed by atoms with van der Waals surface area (Å²) in [6, 6.07) is 0. The molecule has 0 bridgehead atoms. The summed E-state index contributed by atoms with van der Waals surface area (Å²) in [6.07, 6.45) is 3.41. The lowest BCUT2D eigenvalue weighted by atomic mass is 9.98. The molecule has 6 heteroatoms. The molecule has 0 spiro atoms. The Morgan fingerprint density at radius 3 is 1.08 bits per heavy atom. The minimum Gasteiger partial charge on any atom is -0.393 e. The molecule has 0 rings (SSSR count). The maximum absolute atomic E-state index is 9.98. The molecule has 0 saturated heterocycles. The summed E-state index contributed by atoms with van der Waals surface area (Å²) in [7, 11) is 0. The highest BCUT2D eigenvalue weighted by atomic mass is 16.3. The number of rotatable bonds is 17. The van der Waals surface area contributed by atoms with Gasteiger partial charge in [-0.3, -0.25) is 0 Å². The van der Waals surface area contributed by atoms with Gasteiger partial charge in [0.1, 0.15) is 0 Å². The second kappa shape index (κ2) is 15.8. The molecule has 6 atom stereocenters. The summed E-state index contributed by atoms with van der Waals surface area (Å²) >= 11 is 0. The van der Waals surface area contributed by atoms with E-state index in [1.54, 1.807) is 0 Å². The molecule has 0 radical (unpaired) electrons. The Morgan fingerprint density at radius 1 is 0.462 bits per heavy atom. The van der Waals surface area contributed by atoms with E-state index in [1.807, 2.05) is 13.8 Å². The van der Waals surface area contributed by atoms with Crippen molar-refractivity contribution < 1.29 is 30.6 Å². The maximum atomic E-state index is 9.98. The van der Waals surface area contributed by atoms with Crippen LogP contribution in [-0.4, -0.2) is 67.3 Å². The molecule has 0 amide bonds. The molecule has 0 fully saturated rings. The van der Waals surface area contributed by atoms with Crippen LogP contribution in [0.2, 0.25) is 0 Å². The lowest BCUT2D eigenvalue weighted by molar-refractivity contribution is 0.0500. The van der Waals surface area contributed by atoms with E-state index in [-0.39, 0.29) is 0 Å². The van der Waals surface area contributed by atoms with Crippen molar-refractivity contribution in [1.29, 1.82) is 0 Å². The van der Waals surface area contributed by atoms with Crippen molar-refractivity contribution in [2.75, 3.05) is 0 Å². The van der Waals surface area contributed by atoms with Gasteiger partial charge in [0, 0.05) is 0 Å². The van der Waals surface area contributed by atoms with Crippen molar-refractivity contribution in [2.45, 2.75) is 128 Å². The van der Waals surface area contributed by atoms with Gasteiger partial charge in [-0.25, -0.2) is 0 Å². The van der Waals surface area contributed by atoms with Gasteiger partial charge >= 0.3 is 0 Å². The van der Waals surface area contributed by atoms with Gasteiger partial charge in [-0.2, -0.15) is 0 Å². The molecular formula is C20H42O6. The van der Waals surface area contributed by atoms with Crippen LogP contribution >= 0.6 is 0 Å². The van der Waals surface area contributed by atoms with Gasteiger partial charge in [-0.1, -0.05) is 20.3 Å². The third-order valence-electron chi connectivity index (χ3n) is 4.87. The average Bonchev–Trinajstić information content (AvgIpc) is 2.54. The van der Waals surface area contributed by atoms with Crippen molar-refractivity contribution in [1.82, 2.24) is 0 Å². The van der Waals surface area contributed by atoms with Crippen molar-refractivity contribution in [3.8, 4) is 0 Å². The fourth-order valence-corrected chi connectivity index (χ4v) is 3.21. The average molecular weight is 379 g/mol. The summed E-state index contributed by atoms with van der Waals surface area (Å²) < 4.78 is 0. The van der Waals surface area contributed by atoms with Crippen molar-refractivity contribution in [3.05, 3.63) is 0 Å². The van der Waals surface area contributed by atoms with Crippen molar-refractivity contribution in [3.63, 3.8) is 0 Å². The van der Waals surface area contributed by atoms with E-state index in [9.17, 15) is 30.6 Å². The Hall–Kier alpha value is -0.240. The van der Waals surface area contributed by atoms with Crippen LogP contribution in [0.25, 0.3) is 0 Å². The SMILES string of the molecule is CCCC(O)CC(O)CCCC(O)CC(O)CCCC(O)CC(O)CC. The van der Waals surface area contributed by atoms with Gasteiger partial charge in [0.05, 0.1) is 36.6 Å². The summed E-state index contributed by atoms with van der Waals surface area (Å²) in [5.74, 6) is 0. The largest absolute Gasteiger partial charge is 0.393 e. The standard InChI is InChI=1S/C20H42O6/c1-3-7-16(22)13-18(24)9-6-11-20(26)14-19(25)10-5-8-17(23)12-15(21)4-2/h15-26H,3-14H2,1-2H3. The van der Waals surface area contributed by atoms with E-state index in [1.165, 1.54) is 0 Å². The monoisotopic (exact) mass is 378 g/mol. The highest BCUT2D eigenvalue weighted by Gasteiger charge is 2.16. The molecular weight excluding hydrogens is 336 g/mol. The van der Waals surface area contributed by atoms with Crippen LogP contribution in [0.1, 0.15) is 90.9 Å². The van der Waals surface area contributed by atoms with E-state index in [0.717, 1.165) is 6.42 Å². The molecule has 158 valence electrons. The molecule has 0 aliphatic carbocycles. The van der Waals surface area contributed by atoms with Gasteiger partial charge in [0.2, 0.25) is 0 Å². The van der Waals surface area contributed by atoms with Crippen LogP contribution < -0.4 is 0 Å². The minimum atomic E-state index is -0.607. The molecule has 6 nitrogen and oxygen atoms in total. The lowest BCUT2D eigenvalue weighted by Gasteiger charge is -2.18. The molecule has 6 N–H and O–H groups in total. The molecule has 0 aliphatic heterocycles. The summed E-state index contributed by atoms with van der Waals surface area (Å²) in [5, 5.41) is 58.7. The Bertz CT molecular complexity index is 315. The zero-order valence-electron chi connectivity index (χ0n) is 16.6. The van der Waals surface area contributed by atoms with Crippen LogP contribution in [0.15, 0.2) is 0 Å². The van der Waals surface area contributed by atoms with Gasteiger partial charge in [0.15, 0.2) is 0 Å². The third kappa shape index (κ3) is 14.9. The van der Waals surface area contributed by atoms with Gasteiger partial charge in [0.25, 0.3) is 0 Å². The van der Waals surface area contributed by atoms with E-state index >= 15 is 0 Å². The van der Waals surface area contributed by atoms with Crippen molar-refractivity contribution in [2.24, 2.45) is 0 Å². The molecule has 0 heterocycles.